The van der Waals surface area contributed by atoms with Crippen LogP contribution in [0.1, 0.15) is 32.2 Å². The number of hydrogen-bond donors (Lipinski definition) is 1. The number of Topliss-reactive ketones (excluding diaryl/α,β-unsaturated/α-hetero) is 2. The fourth-order valence-electron chi connectivity index (χ4n) is 3.67. The van der Waals surface area contributed by atoms with Crippen LogP contribution >= 0.6 is 0 Å². The van der Waals surface area contributed by atoms with Gasteiger partial charge in [0, 0.05) is 11.1 Å². The van der Waals surface area contributed by atoms with Gasteiger partial charge in [0.2, 0.25) is 11.7 Å². The third kappa shape index (κ3) is 2.65. The molecule has 7 heteroatoms. The first kappa shape index (κ1) is 18.3. The van der Waals surface area contributed by atoms with Crippen molar-refractivity contribution in [3.63, 3.8) is 0 Å². The zero-order valence-electron chi connectivity index (χ0n) is 15.7. The van der Waals surface area contributed by atoms with Crippen molar-refractivity contribution >= 4 is 11.6 Å². The molecule has 2 aromatic carbocycles. The third-order valence-electron chi connectivity index (χ3n) is 5.03. The standard InChI is InChI=1S/C22H16N2O5/c1-27-15-8-7-11(9-16(15)28-2)17-14(10-23)22(24)29-21-18(17)19(25)12-5-3-4-6-13(12)20(21)26/h3-9,17H,24H2,1-2H3. The number of allylic oxidation sites excluding steroid dienone is 3. The van der Waals surface area contributed by atoms with Crippen LogP contribution in [0.2, 0.25) is 0 Å². The number of nitrogens with two attached hydrogens (primary N) is 1. The number of carbonyl (C=O) groups excluding carboxylic acids is 2. The topological polar surface area (TPSA) is 112 Å². The van der Waals surface area contributed by atoms with E-state index in [-0.39, 0.29) is 39.7 Å². The summed E-state index contributed by atoms with van der Waals surface area (Å²) < 4.78 is 16.1. The number of ether oxygens (including phenoxy) is 3. The van der Waals surface area contributed by atoms with E-state index >= 15 is 0 Å². The molecule has 4 rings (SSSR count). The molecule has 7 nitrogen and oxygen atoms in total. The van der Waals surface area contributed by atoms with Crippen LogP contribution in [-0.2, 0) is 4.74 Å². The van der Waals surface area contributed by atoms with Crippen molar-refractivity contribution in [2.45, 2.75) is 5.92 Å². The Morgan fingerprint density at radius 1 is 1.00 bits per heavy atom. The van der Waals surface area contributed by atoms with Crippen molar-refractivity contribution in [2.24, 2.45) is 5.73 Å². The van der Waals surface area contributed by atoms with Crippen molar-refractivity contribution in [1.82, 2.24) is 0 Å². The second-order valence-corrected chi connectivity index (χ2v) is 6.49. The molecule has 1 unspecified atom stereocenters. The lowest BCUT2D eigenvalue weighted by atomic mass is 9.75. The Bertz CT molecular complexity index is 1170. The summed E-state index contributed by atoms with van der Waals surface area (Å²) in [5.74, 6) is -1.13. The van der Waals surface area contributed by atoms with Gasteiger partial charge in [-0.1, -0.05) is 30.3 Å². The van der Waals surface area contributed by atoms with E-state index in [0.717, 1.165) is 0 Å². The summed E-state index contributed by atoms with van der Waals surface area (Å²) in [6, 6.07) is 13.5. The monoisotopic (exact) mass is 388 g/mol. The van der Waals surface area contributed by atoms with E-state index in [1.807, 2.05) is 6.07 Å². The largest absolute Gasteiger partial charge is 0.493 e. The highest BCUT2D eigenvalue weighted by Gasteiger charge is 2.43. The van der Waals surface area contributed by atoms with Crippen molar-refractivity contribution < 1.29 is 23.8 Å². The molecule has 0 amide bonds. The summed E-state index contributed by atoms with van der Waals surface area (Å²) in [4.78, 5) is 26.3. The third-order valence-corrected chi connectivity index (χ3v) is 5.03. The van der Waals surface area contributed by atoms with Gasteiger partial charge in [-0.15, -0.1) is 0 Å². The summed E-state index contributed by atoms with van der Waals surface area (Å²) in [6.45, 7) is 0. The highest BCUT2D eigenvalue weighted by molar-refractivity contribution is 6.27. The predicted octanol–water partition coefficient (Wildman–Crippen LogP) is 2.84. The maximum absolute atomic E-state index is 13.3. The van der Waals surface area contributed by atoms with E-state index in [2.05, 4.69) is 0 Å². The molecule has 0 bridgehead atoms. The van der Waals surface area contributed by atoms with Gasteiger partial charge in [-0.3, -0.25) is 9.59 Å². The Morgan fingerprint density at radius 2 is 1.66 bits per heavy atom. The molecule has 1 heterocycles. The number of benzene rings is 2. The number of carbonyl (C=O) groups is 2. The van der Waals surface area contributed by atoms with Crippen molar-refractivity contribution in [3.8, 4) is 17.6 Å². The lowest BCUT2D eigenvalue weighted by Gasteiger charge is -2.31. The molecule has 144 valence electrons. The summed E-state index contributed by atoms with van der Waals surface area (Å²) in [5.41, 5.74) is 7.17. The number of nitriles is 1. The zero-order valence-corrected chi connectivity index (χ0v) is 15.7. The van der Waals surface area contributed by atoms with Crippen molar-refractivity contribution in [3.05, 3.63) is 81.9 Å². The van der Waals surface area contributed by atoms with Crippen LogP contribution in [0.15, 0.2) is 65.3 Å². The molecule has 0 radical (unpaired) electrons. The number of nitrogens with zero attached hydrogens (tertiary/aromatic N) is 1. The van der Waals surface area contributed by atoms with Crippen molar-refractivity contribution in [1.29, 1.82) is 5.26 Å². The molecule has 0 aromatic heterocycles. The van der Waals surface area contributed by atoms with Crippen molar-refractivity contribution in [2.75, 3.05) is 14.2 Å². The first-order chi connectivity index (χ1) is 14.0. The van der Waals surface area contributed by atoms with Crippen LogP contribution in [0, 0.1) is 11.3 Å². The van der Waals surface area contributed by atoms with Gasteiger partial charge in [0.1, 0.15) is 11.6 Å². The Kier molecular flexibility index (Phi) is 4.32. The van der Waals surface area contributed by atoms with Crippen LogP contribution in [0.5, 0.6) is 11.5 Å². The summed E-state index contributed by atoms with van der Waals surface area (Å²) in [5, 5.41) is 9.72. The van der Waals surface area contributed by atoms with Crippen LogP contribution in [0.3, 0.4) is 0 Å². The molecule has 0 fully saturated rings. The molecule has 1 aliphatic heterocycles. The molecule has 2 N–H and O–H groups in total. The normalized spacial score (nSPS) is 17.9. The smallest absolute Gasteiger partial charge is 0.229 e. The first-order valence-electron chi connectivity index (χ1n) is 8.73. The lowest BCUT2D eigenvalue weighted by molar-refractivity contribution is 0.0897. The van der Waals surface area contributed by atoms with Gasteiger partial charge in [0.25, 0.3) is 0 Å². The van der Waals surface area contributed by atoms with E-state index in [4.69, 9.17) is 19.9 Å². The highest BCUT2D eigenvalue weighted by Crippen LogP contribution is 2.45. The lowest BCUT2D eigenvalue weighted by Crippen LogP contribution is -2.32. The molecular formula is C22H16N2O5. The zero-order chi connectivity index (χ0) is 20.7. The van der Waals surface area contributed by atoms with E-state index in [0.29, 0.717) is 17.1 Å². The Morgan fingerprint density at radius 3 is 2.28 bits per heavy atom. The number of hydrogen-bond acceptors (Lipinski definition) is 7. The van der Waals surface area contributed by atoms with Gasteiger partial charge >= 0.3 is 0 Å². The molecular weight excluding hydrogens is 372 g/mol. The van der Waals surface area contributed by atoms with E-state index in [1.165, 1.54) is 14.2 Å². The molecule has 2 aromatic rings. The maximum Gasteiger partial charge on any atom is 0.229 e. The van der Waals surface area contributed by atoms with E-state index in [9.17, 15) is 14.9 Å². The van der Waals surface area contributed by atoms with Crippen LogP contribution in [0.4, 0.5) is 0 Å². The van der Waals surface area contributed by atoms with Gasteiger partial charge in [0.05, 0.1) is 25.7 Å². The fourth-order valence-corrected chi connectivity index (χ4v) is 3.67. The van der Waals surface area contributed by atoms with Gasteiger partial charge < -0.3 is 19.9 Å². The maximum atomic E-state index is 13.3. The average Bonchev–Trinajstić information content (AvgIpc) is 2.76. The molecule has 1 aliphatic carbocycles. The summed E-state index contributed by atoms with van der Waals surface area (Å²) >= 11 is 0. The second kappa shape index (κ2) is 6.84. The van der Waals surface area contributed by atoms with Crippen LogP contribution < -0.4 is 15.2 Å². The van der Waals surface area contributed by atoms with E-state index in [1.54, 1.807) is 42.5 Å². The predicted molar refractivity (Wildman–Crippen MR) is 102 cm³/mol. The molecule has 0 saturated heterocycles. The first-order valence-corrected chi connectivity index (χ1v) is 8.73. The average molecular weight is 388 g/mol. The minimum atomic E-state index is -0.867. The molecule has 0 saturated carbocycles. The number of fused-ring (bicyclic) bond motifs is 1. The molecule has 2 aliphatic rings. The molecule has 29 heavy (non-hydrogen) atoms. The van der Waals surface area contributed by atoms with Crippen LogP contribution in [0.25, 0.3) is 0 Å². The van der Waals surface area contributed by atoms with Gasteiger partial charge in [-0.2, -0.15) is 5.26 Å². The van der Waals surface area contributed by atoms with Gasteiger partial charge in [0.15, 0.2) is 23.0 Å². The second-order valence-electron chi connectivity index (χ2n) is 6.49. The Balaban J connectivity index is 1.96. The highest BCUT2D eigenvalue weighted by atomic mass is 16.5. The number of rotatable bonds is 3. The SMILES string of the molecule is COc1ccc(C2C(C#N)=C(N)OC3=C2C(=O)c2ccccc2C3=O)cc1OC. The fraction of sp³-hybridized carbons (Fsp3) is 0.136. The summed E-state index contributed by atoms with van der Waals surface area (Å²) in [6.07, 6.45) is 0. The Hall–Kier alpha value is -4.05. The quantitative estimate of drug-likeness (QED) is 0.860. The minimum Gasteiger partial charge on any atom is -0.493 e. The van der Waals surface area contributed by atoms with Crippen LogP contribution in [-0.4, -0.2) is 25.8 Å². The number of ketones is 2. The number of methoxy groups -OCH3 is 2. The van der Waals surface area contributed by atoms with Gasteiger partial charge in [-0.25, -0.2) is 0 Å². The molecule has 0 spiro atoms. The summed E-state index contributed by atoms with van der Waals surface area (Å²) in [7, 11) is 2.99. The molecule has 1 atom stereocenters. The minimum absolute atomic E-state index is 0.0523. The van der Waals surface area contributed by atoms with Gasteiger partial charge in [-0.05, 0) is 17.7 Å². The van der Waals surface area contributed by atoms with E-state index < -0.39 is 11.7 Å². The Labute approximate surface area is 166 Å².